The molecule has 5 nitrogen and oxygen atoms in total. The van der Waals surface area contributed by atoms with Gasteiger partial charge in [-0.2, -0.15) is 0 Å². The van der Waals surface area contributed by atoms with Crippen molar-refractivity contribution in [3.63, 3.8) is 0 Å². The van der Waals surface area contributed by atoms with Crippen molar-refractivity contribution in [2.24, 2.45) is 17.8 Å². The van der Waals surface area contributed by atoms with Crippen LogP contribution < -0.4 is 0 Å². The number of pyridine rings is 1. The van der Waals surface area contributed by atoms with Gasteiger partial charge in [-0.1, -0.05) is 27.2 Å². The molecular weight excluding hydrogens is 338 g/mol. The minimum atomic E-state index is -0.549. The summed E-state index contributed by atoms with van der Waals surface area (Å²) in [6, 6.07) is 3.31. The average Bonchev–Trinajstić information content (AvgIpc) is 2.59. The zero-order valence-electron chi connectivity index (χ0n) is 15.4. The molecule has 0 radical (unpaired) electrons. The zero-order valence-corrected chi connectivity index (χ0v) is 16.2. The fraction of sp³-hybridized carbons (Fsp3) is 0.632. The molecule has 2 rings (SSSR count). The van der Waals surface area contributed by atoms with Crippen molar-refractivity contribution in [2.75, 3.05) is 12.9 Å². The van der Waals surface area contributed by atoms with E-state index in [1.54, 1.807) is 18.3 Å². The van der Waals surface area contributed by atoms with E-state index in [0.29, 0.717) is 28.3 Å². The molecule has 25 heavy (non-hydrogen) atoms. The third-order valence-corrected chi connectivity index (χ3v) is 5.46. The molecule has 1 heterocycles. The first-order chi connectivity index (χ1) is 11.9. The first-order valence-electron chi connectivity index (χ1n) is 8.78. The van der Waals surface area contributed by atoms with Gasteiger partial charge in [0.05, 0.1) is 5.56 Å². The molecule has 1 saturated carbocycles. The molecule has 0 saturated heterocycles. The summed E-state index contributed by atoms with van der Waals surface area (Å²) in [7, 11) is 0. The van der Waals surface area contributed by atoms with Crippen molar-refractivity contribution < 1.29 is 19.1 Å². The summed E-state index contributed by atoms with van der Waals surface area (Å²) < 4.78 is 10.8. The maximum atomic E-state index is 12.2. The van der Waals surface area contributed by atoms with E-state index in [1.165, 1.54) is 18.2 Å². The molecule has 0 amide bonds. The number of rotatable bonds is 6. The fourth-order valence-corrected chi connectivity index (χ4v) is 3.90. The molecule has 1 aromatic rings. The second-order valence-electron chi connectivity index (χ2n) is 6.99. The van der Waals surface area contributed by atoms with Crippen LogP contribution >= 0.6 is 11.8 Å². The van der Waals surface area contributed by atoms with Crippen molar-refractivity contribution in [3.05, 3.63) is 23.9 Å². The van der Waals surface area contributed by atoms with Crippen LogP contribution in [0.5, 0.6) is 0 Å². The average molecular weight is 365 g/mol. The Morgan fingerprint density at radius 2 is 2.12 bits per heavy atom. The number of ether oxygens (including phenoxy) is 2. The maximum Gasteiger partial charge on any atom is 0.344 e. The monoisotopic (exact) mass is 365 g/mol. The SMILES string of the molecule is CSc1ncccc1C(=O)OCC(=O)O[C@H]1C[C@@H](C)CC[C@@H]1C(C)C. The lowest BCUT2D eigenvalue weighted by Crippen LogP contribution is -2.36. The molecular formula is C19H27NO4S. The predicted molar refractivity (Wildman–Crippen MR) is 97.5 cm³/mol. The van der Waals surface area contributed by atoms with E-state index in [9.17, 15) is 9.59 Å². The van der Waals surface area contributed by atoms with E-state index in [-0.39, 0.29) is 12.7 Å². The lowest BCUT2D eigenvalue weighted by Gasteiger charge is -2.36. The van der Waals surface area contributed by atoms with Gasteiger partial charge in [0.2, 0.25) is 0 Å². The predicted octanol–water partition coefficient (Wildman–Crippen LogP) is 3.96. The summed E-state index contributed by atoms with van der Waals surface area (Å²) in [5, 5.41) is 0.585. The number of aromatic nitrogens is 1. The van der Waals surface area contributed by atoms with Gasteiger partial charge in [0.25, 0.3) is 0 Å². The van der Waals surface area contributed by atoms with Crippen molar-refractivity contribution in [1.29, 1.82) is 0 Å². The third-order valence-electron chi connectivity index (χ3n) is 4.75. The maximum absolute atomic E-state index is 12.2. The molecule has 0 aliphatic heterocycles. The molecule has 6 heteroatoms. The van der Waals surface area contributed by atoms with E-state index >= 15 is 0 Å². The highest BCUT2D eigenvalue weighted by atomic mass is 32.2. The molecule has 1 aromatic heterocycles. The van der Waals surface area contributed by atoms with E-state index in [1.807, 2.05) is 6.26 Å². The van der Waals surface area contributed by atoms with Crippen molar-refractivity contribution in [2.45, 2.75) is 51.2 Å². The Hall–Kier alpha value is -1.56. The van der Waals surface area contributed by atoms with E-state index < -0.39 is 11.9 Å². The normalized spacial score (nSPS) is 23.3. The molecule has 138 valence electrons. The number of hydrogen-bond acceptors (Lipinski definition) is 6. The molecule has 1 aliphatic rings. The summed E-state index contributed by atoms with van der Waals surface area (Å²) in [6.45, 7) is 6.14. The van der Waals surface area contributed by atoms with Gasteiger partial charge in [-0.15, -0.1) is 11.8 Å². The van der Waals surface area contributed by atoms with Crippen LogP contribution in [-0.2, 0) is 14.3 Å². The van der Waals surface area contributed by atoms with Crippen LogP contribution in [0.25, 0.3) is 0 Å². The largest absolute Gasteiger partial charge is 0.460 e. The summed E-state index contributed by atoms with van der Waals surface area (Å²) in [6.07, 6.45) is 6.49. The lowest BCUT2D eigenvalue weighted by molar-refractivity contribution is -0.159. The zero-order chi connectivity index (χ0) is 18.4. The first-order valence-corrected chi connectivity index (χ1v) is 10.0. The minimum Gasteiger partial charge on any atom is -0.460 e. The van der Waals surface area contributed by atoms with Crippen LogP contribution in [0.2, 0.25) is 0 Å². The third kappa shape index (κ3) is 5.46. The van der Waals surface area contributed by atoms with Gasteiger partial charge in [-0.3, -0.25) is 0 Å². The molecule has 0 N–H and O–H groups in total. The van der Waals surface area contributed by atoms with Gasteiger partial charge in [-0.05, 0) is 49.0 Å². The van der Waals surface area contributed by atoms with Gasteiger partial charge in [-0.25, -0.2) is 14.6 Å². The van der Waals surface area contributed by atoms with Crippen LogP contribution in [0.15, 0.2) is 23.4 Å². The molecule has 1 fully saturated rings. The topological polar surface area (TPSA) is 65.5 Å². The molecule has 0 bridgehead atoms. The summed E-state index contributed by atoms with van der Waals surface area (Å²) >= 11 is 1.36. The second kappa shape index (κ2) is 9.22. The fourth-order valence-electron chi connectivity index (χ4n) is 3.36. The van der Waals surface area contributed by atoms with Crippen LogP contribution in [-0.4, -0.2) is 35.9 Å². The smallest absolute Gasteiger partial charge is 0.344 e. The Bertz CT molecular complexity index is 605. The van der Waals surface area contributed by atoms with Gasteiger partial charge in [0, 0.05) is 6.20 Å². The van der Waals surface area contributed by atoms with Crippen molar-refractivity contribution >= 4 is 23.7 Å². The van der Waals surface area contributed by atoms with Crippen LogP contribution in [0.4, 0.5) is 0 Å². The Kier molecular flexibility index (Phi) is 7.29. The molecule has 1 aliphatic carbocycles. The Morgan fingerprint density at radius 3 is 2.80 bits per heavy atom. The molecule has 0 spiro atoms. The van der Waals surface area contributed by atoms with E-state index in [0.717, 1.165) is 12.8 Å². The Labute approximate surface area is 153 Å². The van der Waals surface area contributed by atoms with Gasteiger partial charge < -0.3 is 9.47 Å². The van der Waals surface area contributed by atoms with E-state index in [4.69, 9.17) is 9.47 Å². The quantitative estimate of drug-likeness (QED) is 0.561. The Balaban J connectivity index is 1.90. The highest BCUT2D eigenvalue weighted by molar-refractivity contribution is 7.98. The van der Waals surface area contributed by atoms with Gasteiger partial charge >= 0.3 is 11.9 Å². The number of carbonyl (C=O) groups is 2. The van der Waals surface area contributed by atoms with Crippen LogP contribution in [0, 0.1) is 17.8 Å². The van der Waals surface area contributed by atoms with Gasteiger partial charge in [0.1, 0.15) is 11.1 Å². The summed E-state index contributed by atoms with van der Waals surface area (Å²) in [5.41, 5.74) is 0.370. The van der Waals surface area contributed by atoms with E-state index in [2.05, 4.69) is 25.8 Å². The molecule has 0 unspecified atom stereocenters. The lowest BCUT2D eigenvalue weighted by atomic mass is 9.75. The number of hydrogen-bond donors (Lipinski definition) is 0. The standard InChI is InChI=1S/C19H27NO4S/c1-12(2)14-8-7-13(3)10-16(14)24-17(21)11-23-19(22)15-6-5-9-20-18(15)25-4/h5-6,9,12-14,16H,7-8,10-11H2,1-4H3/t13-,14+,16-/m0/s1. The highest BCUT2D eigenvalue weighted by Crippen LogP contribution is 2.35. The van der Waals surface area contributed by atoms with Gasteiger partial charge in [0.15, 0.2) is 6.61 Å². The molecule has 3 atom stereocenters. The van der Waals surface area contributed by atoms with Crippen molar-refractivity contribution in [3.8, 4) is 0 Å². The Morgan fingerprint density at radius 1 is 1.36 bits per heavy atom. The number of esters is 2. The van der Waals surface area contributed by atoms with Crippen LogP contribution in [0.1, 0.15) is 50.4 Å². The summed E-state index contributed by atoms with van der Waals surface area (Å²) in [5.74, 6) is 0.360. The van der Waals surface area contributed by atoms with Crippen LogP contribution in [0.3, 0.4) is 0 Å². The first kappa shape index (κ1) is 19.8. The second-order valence-corrected chi connectivity index (χ2v) is 7.79. The minimum absolute atomic E-state index is 0.0879. The number of thioether (sulfide) groups is 1. The van der Waals surface area contributed by atoms with Crippen molar-refractivity contribution in [1.82, 2.24) is 4.98 Å². The number of carbonyl (C=O) groups excluding carboxylic acids is 2. The number of nitrogens with zero attached hydrogens (tertiary/aromatic N) is 1. The summed E-state index contributed by atoms with van der Waals surface area (Å²) in [4.78, 5) is 28.4. The highest BCUT2D eigenvalue weighted by Gasteiger charge is 2.33. The molecule has 0 aromatic carbocycles.